The van der Waals surface area contributed by atoms with Crippen LogP contribution in [0.2, 0.25) is 0 Å². The third kappa shape index (κ3) is 4.66. The zero-order valence-corrected chi connectivity index (χ0v) is 12.4. The molecule has 0 aliphatic rings. The number of hydrogen-bond acceptors (Lipinski definition) is 3. The molecule has 0 spiro atoms. The predicted octanol–water partition coefficient (Wildman–Crippen LogP) is 2.20. The number of rotatable bonds is 5. The highest BCUT2D eigenvalue weighted by molar-refractivity contribution is 5.94. The van der Waals surface area contributed by atoms with Gasteiger partial charge in [0.25, 0.3) is 0 Å². The summed E-state index contributed by atoms with van der Waals surface area (Å²) in [6.07, 6.45) is 0. The summed E-state index contributed by atoms with van der Waals surface area (Å²) in [5.74, 6) is -0.470. The van der Waals surface area contributed by atoms with E-state index >= 15 is 0 Å². The number of nitrogens with two attached hydrogens (primary N) is 1. The van der Waals surface area contributed by atoms with Crippen LogP contribution in [-0.2, 0) is 9.59 Å². The van der Waals surface area contributed by atoms with Crippen molar-refractivity contribution in [1.29, 1.82) is 0 Å². The first kappa shape index (κ1) is 16.2. The van der Waals surface area contributed by atoms with Gasteiger partial charge in [-0.05, 0) is 31.2 Å². The zero-order chi connectivity index (χ0) is 15.3. The molecule has 0 saturated carbocycles. The molecule has 0 aliphatic heterocycles. The summed E-state index contributed by atoms with van der Waals surface area (Å²) in [5.41, 5.74) is 7.08. The van der Waals surface area contributed by atoms with Gasteiger partial charge in [0.2, 0.25) is 11.8 Å². The maximum absolute atomic E-state index is 11.8. The van der Waals surface area contributed by atoms with Crippen molar-refractivity contribution in [2.24, 2.45) is 17.6 Å². The van der Waals surface area contributed by atoms with E-state index < -0.39 is 0 Å². The Kier molecular flexibility index (Phi) is 5.70. The first-order valence-corrected chi connectivity index (χ1v) is 6.78. The molecule has 2 unspecified atom stereocenters. The fourth-order valence-corrected chi connectivity index (χ4v) is 1.42. The van der Waals surface area contributed by atoms with Crippen molar-refractivity contribution in [2.75, 3.05) is 10.6 Å². The van der Waals surface area contributed by atoms with Gasteiger partial charge < -0.3 is 16.4 Å². The minimum atomic E-state index is -0.254. The molecule has 0 saturated heterocycles. The topological polar surface area (TPSA) is 84.2 Å². The lowest BCUT2D eigenvalue weighted by atomic mass is 10.0. The monoisotopic (exact) mass is 277 g/mol. The summed E-state index contributed by atoms with van der Waals surface area (Å²) < 4.78 is 0. The molecule has 1 aromatic rings. The van der Waals surface area contributed by atoms with Crippen LogP contribution in [0.4, 0.5) is 11.4 Å². The maximum Gasteiger partial charge on any atom is 0.228 e. The molecule has 2 atom stereocenters. The van der Waals surface area contributed by atoms with Gasteiger partial charge in [0.05, 0.1) is 5.92 Å². The Morgan fingerprint density at radius 3 is 1.65 bits per heavy atom. The SMILES string of the molecule is CC(C)C(=O)Nc1ccc(NC(=O)C(C)C(C)N)cc1. The Morgan fingerprint density at radius 2 is 1.30 bits per heavy atom. The van der Waals surface area contributed by atoms with Gasteiger partial charge in [-0.1, -0.05) is 20.8 Å². The number of hydrogen-bond donors (Lipinski definition) is 3. The zero-order valence-electron chi connectivity index (χ0n) is 12.4. The van der Waals surface area contributed by atoms with Gasteiger partial charge in [-0.2, -0.15) is 0 Å². The second kappa shape index (κ2) is 7.05. The molecule has 0 bridgehead atoms. The highest BCUT2D eigenvalue weighted by Gasteiger charge is 2.16. The Hall–Kier alpha value is -1.88. The predicted molar refractivity (Wildman–Crippen MR) is 81.4 cm³/mol. The number of carbonyl (C=O) groups is 2. The number of benzene rings is 1. The van der Waals surface area contributed by atoms with E-state index in [9.17, 15) is 9.59 Å². The van der Waals surface area contributed by atoms with Crippen LogP contribution in [0, 0.1) is 11.8 Å². The highest BCUT2D eigenvalue weighted by atomic mass is 16.2. The Morgan fingerprint density at radius 1 is 0.900 bits per heavy atom. The Labute approximate surface area is 119 Å². The summed E-state index contributed by atoms with van der Waals surface area (Å²) in [5, 5.41) is 5.59. The molecule has 5 nitrogen and oxygen atoms in total. The van der Waals surface area contributed by atoms with E-state index in [1.54, 1.807) is 38.1 Å². The summed E-state index contributed by atoms with van der Waals surface area (Å²) in [4.78, 5) is 23.4. The van der Waals surface area contributed by atoms with Gasteiger partial charge in [-0.15, -0.1) is 0 Å². The van der Waals surface area contributed by atoms with Gasteiger partial charge in [0.1, 0.15) is 0 Å². The maximum atomic E-state index is 11.8. The minimum absolute atomic E-state index is 0.0348. The van der Waals surface area contributed by atoms with Crippen molar-refractivity contribution < 1.29 is 9.59 Å². The van der Waals surface area contributed by atoms with Crippen LogP contribution in [0.1, 0.15) is 27.7 Å². The van der Waals surface area contributed by atoms with Crippen LogP contribution in [0.5, 0.6) is 0 Å². The molecule has 4 N–H and O–H groups in total. The van der Waals surface area contributed by atoms with Crippen LogP contribution in [0.25, 0.3) is 0 Å². The lowest BCUT2D eigenvalue weighted by Crippen LogP contribution is -2.34. The van der Waals surface area contributed by atoms with Crippen LogP contribution in [0.3, 0.4) is 0 Å². The molecule has 2 amide bonds. The van der Waals surface area contributed by atoms with Crippen molar-refractivity contribution in [3.63, 3.8) is 0 Å². The standard InChI is InChI=1S/C15H23N3O2/c1-9(2)14(19)17-12-5-7-13(8-6-12)18-15(20)10(3)11(4)16/h5-11H,16H2,1-4H3,(H,17,19)(H,18,20). The molecule has 5 heteroatoms. The summed E-state index contributed by atoms with van der Waals surface area (Å²) >= 11 is 0. The second-order valence-electron chi connectivity index (χ2n) is 5.36. The van der Waals surface area contributed by atoms with Crippen molar-refractivity contribution in [2.45, 2.75) is 33.7 Å². The van der Waals surface area contributed by atoms with E-state index in [2.05, 4.69) is 10.6 Å². The number of nitrogens with one attached hydrogen (secondary N) is 2. The normalized spacial score (nSPS) is 13.7. The number of amides is 2. The molecule has 110 valence electrons. The molecule has 0 fully saturated rings. The molecule has 0 heterocycles. The van der Waals surface area contributed by atoms with Crippen molar-refractivity contribution in [3.05, 3.63) is 24.3 Å². The third-order valence-corrected chi connectivity index (χ3v) is 3.15. The molecular weight excluding hydrogens is 254 g/mol. The lowest BCUT2D eigenvalue weighted by molar-refractivity contribution is -0.120. The molecular formula is C15H23N3O2. The van der Waals surface area contributed by atoms with Gasteiger partial charge in [0, 0.05) is 23.3 Å². The first-order valence-electron chi connectivity index (χ1n) is 6.78. The van der Waals surface area contributed by atoms with Gasteiger partial charge in [-0.3, -0.25) is 9.59 Å². The summed E-state index contributed by atoms with van der Waals surface area (Å²) in [6, 6.07) is 6.82. The largest absolute Gasteiger partial charge is 0.327 e. The van der Waals surface area contributed by atoms with Crippen LogP contribution < -0.4 is 16.4 Å². The fraction of sp³-hybridized carbons (Fsp3) is 0.467. The van der Waals surface area contributed by atoms with Crippen LogP contribution in [-0.4, -0.2) is 17.9 Å². The Balaban J connectivity index is 2.63. The van der Waals surface area contributed by atoms with Gasteiger partial charge in [0.15, 0.2) is 0 Å². The van der Waals surface area contributed by atoms with E-state index in [0.717, 1.165) is 0 Å². The first-order chi connectivity index (χ1) is 9.31. The average molecular weight is 277 g/mol. The van der Waals surface area contributed by atoms with E-state index in [1.807, 2.05) is 13.8 Å². The summed E-state index contributed by atoms with van der Waals surface area (Å²) in [7, 11) is 0. The van der Waals surface area contributed by atoms with Crippen molar-refractivity contribution in [1.82, 2.24) is 0 Å². The molecule has 0 aromatic heterocycles. The van der Waals surface area contributed by atoms with Gasteiger partial charge >= 0.3 is 0 Å². The third-order valence-electron chi connectivity index (χ3n) is 3.15. The lowest BCUT2D eigenvalue weighted by Gasteiger charge is -2.15. The number of anilines is 2. The van der Waals surface area contributed by atoms with Crippen molar-refractivity contribution >= 4 is 23.2 Å². The highest BCUT2D eigenvalue weighted by Crippen LogP contribution is 2.15. The van der Waals surface area contributed by atoms with Crippen LogP contribution >= 0.6 is 0 Å². The Bertz CT molecular complexity index is 467. The van der Waals surface area contributed by atoms with Crippen molar-refractivity contribution in [3.8, 4) is 0 Å². The van der Waals surface area contributed by atoms with E-state index in [1.165, 1.54) is 0 Å². The summed E-state index contributed by atoms with van der Waals surface area (Å²) in [6.45, 7) is 7.25. The van der Waals surface area contributed by atoms with E-state index in [4.69, 9.17) is 5.73 Å². The van der Waals surface area contributed by atoms with Gasteiger partial charge in [-0.25, -0.2) is 0 Å². The average Bonchev–Trinajstić information content (AvgIpc) is 2.39. The van der Waals surface area contributed by atoms with E-state index in [0.29, 0.717) is 11.4 Å². The molecule has 20 heavy (non-hydrogen) atoms. The molecule has 1 rings (SSSR count). The molecule has 0 aliphatic carbocycles. The van der Waals surface area contributed by atoms with Crippen LogP contribution in [0.15, 0.2) is 24.3 Å². The number of carbonyl (C=O) groups excluding carboxylic acids is 2. The fourth-order valence-electron chi connectivity index (χ4n) is 1.42. The quantitative estimate of drug-likeness (QED) is 0.771. The smallest absolute Gasteiger partial charge is 0.228 e. The second-order valence-corrected chi connectivity index (χ2v) is 5.36. The van der Waals surface area contributed by atoms with E-state index in [-0.39, 0.29) is 29.7 Å². The minimum Gasteiger partial charge on any atom is -0.327 e. The molecule has 1 aromatic carbocycles. The molecule has 0 radical (unpaired) electrons.